The second-order valence-electron chi connectivity index (χ2n) is 5.54. The molecule has 0 atom stereocenters. The summed E-state index contributed by atoms with van der Waals surface area (Å²) in [6.07, 6.45) is 0. The van der Waals surface area contributed by atoms with Crippen molar-refractivity contribution in [2.45, 2.75) is 31.4 Å². The Morgan fingerprint density at radius 1 is 1.19 bits per heavy atom. The molecule has 0 saturated carbocycles. The van der Waals surface area contributed by atoms with Gasteiger partial charge in [-0.05, 0) is 37.6 Å². The van der Waals surface area contributed by atoms with Crippen LogP contribution in [0.2, 0.25) is 0 Å². The van der Waals surface area contributed by atoms with Gasteiger partial charge >= 0.3 is 5.97 Å². The summed E-state index contributed by atoms with van der Waals surface area (Å²) in [6.45, 7) is 3.99. The number of aromatic nitrogens is 2. The first-order valence-electron chi connectivity index (χ1n) is 7.87. The lowest BCUT2D eigenvalue weighted by Gasteiger charge is -2.03. The van der Waals surface area contributed by atoms with E-state index in [2.05, 4.69) is 14.9 Å². The smallest absolute Gasteiger partial charge is 0.373 e. The summed E-state index contributed by atoms with van der Waals surface area (Å²) in [5, 5.41) is 8.39. The van der Waals surface area contributed by atoms with Crippen LogP contribution >= 0.6 is 11.8 Å². The fourth-order valence-electron chi connectivity index (χ4n) is 2.21. The molecule has 0 aliphatic carbocycles. The molecule has 0 aliphatic rings. The first kappa shape index (κ1) is 18.1. The first-order valence-corrected chi connectivity index (χ1v) is 8.86. The highest BCUT2D eigenvalue weighted by Crippen LogP contribution is 2.26. The molecule has 3 rings (SSSR count). The van der Waals surface area contributed by atoms with Gasteiger partial charge in [-0.2, -0.15) is 0 Å². The molecule has 1 aromatic carbocycles. The van der Waals surface area contributed by atoms with E-state index in [-0.39, 0.29) is 12.4 Å². The van der Waals surface area contributed by atoms with Crippen LogP contribution in [0.3, 0.4) is 0 Å². The third-order valence-corrected chi connectivity index (χ3v) is 4.43. The van der Waals surface area contributed by atoms with Crippen molar-refractivity contribution in [1.82, 2.24) is 10.2 Å². The van der Waals surface area contributed by atoms with Crippen molar-refractivity contribution in [3.8, 4) is 5.75 Å². The van der Waals surface area contributed by atoms with Gasteiger partial charge in [0.1, 0.15) is 11.5 Å². The number of carbonyl (C=O) groups is 1. The minimum Gasteiger partial charge on any atom is -0.484 e. The Labute approximate surface area is 154 Å². The van der Waals surface area contributed by atoms with E-state index >= 15 is 0 Å². The number of benzene rings is 1. The van der Waals surface area contributed by atoms with Crippen LogP contribution in [0.5, 0.6) is 5.75 Å². The molecule has 2 heterocycles. The predicted octanol–water partition coefficient (Wildman–Crippen LogP) is 3.94. The molecule has 0 N–H and O–H groups in total. The van der Waals surface area contributed by atoms with Crippen molar-refractivity contribution in [3.63, 3.8) is 0 Å². The summed E-state index contributed by atoms with van der Waals surface area (Å²) >= 11 is 1.36. The Morgan fingerprint density at radius 2 is 2.04 bits per heavy atom. The molecule has 2 aromatic heterocycles. The number of esters is 1. The van der Waals surface area contributed by atoms with Crippen molar-refractivity contribution in [2.75, 3.05) is 7.11 Å². The van der Waals surface area contributed by atoms with Crippen LogP contribution in [0.1, 0.15) is 33.3 Å². The molecule has 3 aromatic rings. The molecule has 0 saturated heterocycles. The lowest BCUT2D eigenvalue weighted by Crippen LogP contribution is -1.98. The van der Waals surface area contributed by atoms with Crippen molar-refractivity contribution in [1.29, 1.82) is 0 Å². The van der Waals surface area contributed by atoms with Crippen molar-refractivity contribution in [3.05, 3.63) is 58.9 Å². The zero-order chi connectivity index (χ0) is 18.5. The Morgan fingerprint density at radius 3 is 2.81 bits per heavy atom. The highest BCUT2D eigenvalue weighted by molar-refractivity contribution is 7.98. The standard InChI is InChI=1S/C18H18N2O5S/c1-11-5-4-6-14(7-11)23-9-16-19-20-18(25-16)26-10-13-8-15(17(21)22-3)24-12(13)2/h4-8H,9-10H2,1-3H3. The Bertz CT molecular complexity index is 903. The minimum absolute atomic E-state index is 0.179. The zero-order valence-electron chi connectivity index (χ0n) is 14.6. The molecular formula is C18H18N2O5S. The van der Waals surface area contributed by atoms with Gasteiger partial charge < -0.3 is 18.3 Å². The number of thioether (sulfide) groups is 1. The van der Waals surface area contributed by atoms with Crippen LogP contribution in [0.15, 0.2) is 44.4 Å². The van der Waals surface area contributed by atoms with Crippen molar-refractivity contribution < 1.29 is 23.1 Å². The molecule has 0 radical (unpaired) electrons. The third-order valence-electron chi connectivity index (χ3n) is 3.56. The van der Waals surface area contributed by atoms with Gasteiger partial charge in [0.05, 0.1) is 7.11 Å². The van der Waals surface area contributed by atoms with E-state index in [1.807, 2.05) is 31.2 Å². The second-order valence-corrected chi connectivity index (χ2v) is 6.47. The number of ether oxygens (including phenoxy) is 2. The lowest BCUT2D eigenvalue weighted by atomic mass is 10.2. The molecule has 7 nitrogen and oxygen atoms in total. The van der Waals surface area contributed by atoms with Crippen LogP contribution in [-0.4, -0.2) is 23.3 Å². The average Bonchev–Trinajstić information content (AvgIpc) is 3.24. The molecule has 136 valence electrons. The second kappa shape index (κ2) is 8.09. The number of furan rings is 1. The lowest BCUT2D eigenvalue weighted by molar-refractivity contribution is 0.0563. The minimum atomic E-state index is -0.502. The summed E-state index contributed by atoms with van der Waals surface area (Å²) in [4.78, 5) is 11.5. The van der Waals surface area contributed by atoms with Gasteiger partial charge in [0.15, 0.2) is 6.61 Å². The van der Waals surface area contributed by atoms with Gasteiger partial charge in [-0.25, -0.2) is 4.79 Å². The number of rotatable bonds is 7. The van der Waals surface area contributed by atoms with E-state index < -0.39 is 5.97 Å². The molecule has 8 heteroatoms. The fourth-order valence-corrected chi connectivity index (χ4v) is 3.03. The van der Waals surface area contributed by atoms with E-state index in [1.165, 1.54) is 18.9 Å². The summed E-state index contributed by atoms with van der Waals surface area (Å²) in [5.74, 6) is 2.01. The maximum Gasteiger partial charge on any atom is 0.373 e. The predicted molar refractivity (Wildman–Crippen MR) is 94.2 cm³/mol. The molecule has 0 amide bonds. The van der Waals surface area contributed by atoms with Gasteiger partial charge in [0, 0.05) is 11.3 Å². The molecule has 0 bridgehead atoms. The Kier molecular flexibility index (Phi) is 5.62. The molecule has 0 unspecified atom stereocenters. The van der Waals surface area contributed by atoms with Crippen molar-refractivity contribution in [2.24, 2.45) is 0 Å². The van der Waals surface area contributed by atoms with Crippen LogP contribution in [-0.2, 0) is 17.1 Å². The van der Waals surface area contributed by atoms with Gasteiger partial charge in [0.2, 0.25) is 5.76 Å². The maximum absolute atomic E-state index is 11.5. The normalized spacial score (nSPS) is 10.7. The first-order chi connectivity index (χ1) is 12.5. The molecular weight excluding hydrogens is 356 g/mol. The number of aryl methyl sites for hydroxylation is 2. The van der Waals surface area contributed by atoms with Crippen LogP contribution < -0.4 is 4.74 Å². The Balaban J connectivity index is 1.55. The van der Waals surface area contributed by atoms with E-state index in [9.17, 15) is 4.79 Å². The number of nitrogens with zero attached hydrogens (tertiary/aromatic N) is 2. The molecule has 26 heavy (non-hydrogen) atoms. The third kappa shape index (κ3) is 4.45. The monoisotopic (exact) mass is 374 g/mol. The van der Waals surface area contributed by atoms with Gasteiger partial charge in [-0.15, -0.1) is 10.2 Å². The number of hydrogen-bond donors (Lipinski definition) is 0. The highest BCUT2D eigenvalue weighted by atomic mass is 32.2. The molecule has 0 fully saturated rings. The van der Waals surface area contributed by atoms with E-state index in [0.29, 0.717) is 22.6 Å². The summed E-state index contributed by atoms with van der Waals surface area (Å²) in [6, 6.07) is 9.39. The average molecular weight is 374 g/mol. The number of hydrogen-bond acceptors (Lipinski definition) is 8. The SMILES string of the molecule is COC(=O)c1cc(CSc2nnc(COc3cccc(C)c3)o2)c(C)o1. The largest absolute Gasteiger partial charge is 0.484 e. The summed E-state index contributed by atoms with van der Waals surface area (Å²) < 4.78 is 21.2. The van der Waals surface area contributed by atoms with Crippen LogP contribution in [0.25, 0.3) is 0 Å². The highest BCUT2D eigenvalue weighted by Gasteiger charge is 2.16. The maximum atomic E-state index is 11.5. The quantitative estimate of drug-likeness (QED) is 0.454. The number of carbonyl (C=O) groups excluding carboxylic acids is 1. The van der Waals surface area contributed by atoms with Crippen LogP contribution in [0.4, 0.5) is 0 Å². The molecule has 0 aliphatic heterocycles. The van der Waals surface area contributed by atoms with Crippen molar-refractivity contribution >= 4 is 17.7 Å². The molecule has 0 spiro atoms. The van der Waals surface area contributed by atoms with E-state index in [0.717, 1.165) is 16.9 Å². The Hall–Kier alpha value is -2.74. The van der Waals surface area contributed by atoms with Gasteiger partial charge in [-0.3, -0.25) is 0 Å². The zero-order valence-corrected chi connectivity index (χ0v) is 15.5. The van der Waals surface area contributed by atoms with Gasteiger partial charge in [0.25, 0.3) is 11.1 Å². The van der Waals surface area contributed by atoms with E-state index in [4.69, 9.17) is 13.6 Å². The fraction of sp³-hybridized carbons (Fsp3) is 0.278. The summed E-state index contributed by atoms with van der Waals surface area (Å²) in [5.41, 5.74) is 1.98. The summed E-state index contributed by atoms with van der Waals surface area (Å²) in [7, 11) is 1.31. The van der Waals surface area contributed by atoms with Crippen LogP contribution in [0, 0.1) is 13.8 Å². The van der Waals surface area contributed by atoms with E-state index in [1.54, 1.807) is 13.0 Å². The number of methoxy groups -OCH3 is 1. The topological polar surface area (TPSA) is 87.6 Å². The van der Waals surface area contributed by atoms with Gasteiger partial charge in [-0.1, -0.05) is 23.9 Å².